The highest BCUT2D eigenvalue weighted by atomic mass is 16.5. The predicted molar refractivity (Wildman–Crippen MR) is 127 cm³/mol. The first kappa shape index (κ1) is 22.4. The minimum absolute atomic E-state index is 0.0889. The molecule has 170 valence electrons. The Morgan fingerprint density at radius 3 is 2.41 bits per heavy atom. The third-order valence-electron chi connectivity index (χ3n) is 6.81. The summed E-state index contributed by atoms with van der Waals surface area (Å²) in [6.45, 7) is 4.23. The lowest BCUT2D eigenvalue weighted by Gasteiger charge is -2.36. The van der Waals surface area contributed by atoms with Crippen molar-refractivity contribution in [1.29, 1.82) is 0 Å². The first-order chi connectivity index (χ1) is 15.7. The van der Waals surface area contributed by atoms with Gasteiger partial charge in [-0.3, -0.25) is 9.69 Å². The number of carbonyl (C=O) groups excluding carboxylic acids is 1. The fourth-order valence-electron chi connectivity index (χ4n) is 5.04. The van der Waals surface area contributed by atoms with E-state index in [1.54, 1.807) is 14.2 Å². The van der Waals surface area contributed by atoms with Crippen molar-refractivity contribution in [3.63, 3.8) is 0 Å². The summed E-state index contributed by atoms with van der Waals surface area (Å²) >= 11 is 0. The van der Waals surface area contributed by atoms with Gasteiger partial charge >= 0.3 is 0 Å². The molecular weight excluding hydrogens is 400 g/mol. The fraction of sp³-hybridized carbons (Fsp3) is 0.444. The molecule has 2 aromatic rings. The van der Waals surface area contributed by atoms with Crippen LogP contribution in [0.3, 0.4) is 0 Å². The number of hydrogen-bond donors (Lipinski definition) is 0. The van der Waals surface area contributed by atoms with Crippen molar-refractivity contribution in [2.24, 2.45) is 11.8 Å². The number of carbonyl (C=O) groups is 1. The van der Waals surface area contributed by atoms with Gasteiger partial charge in [-0.1, -0.05) is 54.6 Å². The van der Waals surface area contributed by atoms with Crippen molar-refractivity contribution >= 4 is 5.91 Å². The van der Waals surface area contributed by atoms with Gasteiger partial charge in [-0.15, -0.1) is 0 Å². The summed E-state index contributed by atoms with van der Waals surface area (Å²) in [6, 6.07) is 16.3. The van der Waals surface area contributed by atoms with E-state index in [9.17, 15) is 4.79 Å². The number of hydrogen-bond acceptors (Lipinski definition) is 4. The highest BCUT2D eigenvalue weighted by Crippen LogP contribution is 2.34. The molecule has 0 aromatic heterocycles. The Hall–Kier alpha value is -2.79. The number of allylic oxidation sites excluding steroid dienone is 1. The minimum atomic E-state index is 0.0889. The van der Waals surface area contributed by atoms with Gasteiger partial charge in [0.1, 0.15) is 0 Å². The summed E-state index contributed by atoms with van der Waals surface area (Å²) < 4.78 is 11.1. The number of amides is 1. The Bertz CT molecular complexity index is 920. The molecule has 5 nitrogen and oxygen atoms in total. The van der Waals surface area contributed by atoms with E-state index in [0.717, 1.165) is 56.0 Å². The van der Waals surface area contributed by atoms with Gasteiger partial charge in [0, 0.05) is 31.1 Å². The van der Waals surface area contributed by atoms with Crippen LogP contribution in [-0.2, 0) is 17.9 Å². The molecule has 0 aliphatic carbocycles. The second-order valence-corrected chi connectivity index (χ2v) is 8.78. The smallest absolute Gasteiger partial charge is 0.226 e. The van der Waals surface area contributed by atoms with E-state index in [4.69, 9.17) is 9.47 Å². The van der Waals surface area contributed by atoms with Crippen LogP contribution < -0.4 is 9.47 Å². The first-order valence-corrected chi connectivity index (χ1v) is 11.6. The number of ether oxygens (including phenoxy) is 2. The Morgan fingerprint density at radius 1 is 0.906 bits per heavy atom. The van der Waals surface area contributed by atoms with Crippen molar-refractivity contribution in [1.82, 2.24) is 9.80 Å². The van der Waals surface area contributed by atoms with Gasteiger partial charge in [0.15, 0.2) is 11.5 Å². The SMILES string of the molecule is COc1cccc(CN2CCC([C@H]3CC=CCN(Cc4ccccc4)C3=O)CC2)c1OC. The molecule has 1 atom stereocenters. The van der Waals surface area contributed by atoms with E-state index >= 15 is 0 Å². The van der Waals surface area contributed by atoms with Crippen molar-refractivity contribution in [2.75, 3.05) is 33.9 Å². The zero-order chi connectivity index (χ0) is 22.3. The van der Waals surface area contributed by atoms with Crippen LogP contribution in [-0.4, -0.2) is 49.6 Å². The zero-order valence-corrected chi connectivity index (χ0v) is 19.2. The number of nitrogens with zero attached hydrogens (tertiary/aromatic N) is 2. The van der Waals surface area contributed by atoms with Gasteiger partial charge in [0.05, 0.1) is 14.2 Å². The molecule has 1 amide bonds. The molecule has 2 aromatic carbocycles. The van der Waals surface area contributed by atoms with Crippen molar-refractivity contribution in [3.8, 4) is 11.5 Å². The molecule has 1 fully saturated rings. The maximum Gasteiger partial charge on any atom is 0.226 e. The summed E-state index contributed by atoms with van der Waals surface area (Å²) in [4.78, 5) is 17.9. The summed E-state index contributed by atoms with van der Waals surface area (Å²) in [7, 11) is 3.37. The van der Waals surface area contributed by atoms with Crippen LogP contribution >= 0.6 is 0 Å². The summed E-state index contributed by atoms with van der Waals surface area (Å²) in [6.07, 6.45) is 7.33. The first-order valence-electron chi connectivity index (χ1n) is 11.6. The molecule has 0 bridgehead atoms. The van der Waals surface area contributed by atoms with E-state index in [2.05, 4.69) is 35.3 Å². The monoisotopic (exact) mass is 434 g/mol. The Labute approximate surface area is 191 Å². The van der Waals surface area contributed by atoms with E-state index in [1.165, 1.54) is 5.56 Å². The second-order valence-electron chi connectivity index (χ2n) is 8.78. The normalized spacial score (nSPS) is 20.2. The van der Waals surface area contributed by atoms with Crippen LogP contribution in [0.1, 0.15) is 30.4 Å². The summed E-state index contributed by atoms with van der Waals surface area (Å²) in [5.41, 5.74) is 2.34. The molecule has 5 heteroatoms. The topological polar surface area (TPSA) is 42.0 Å². The Morgan fingerprint density at radius 2 is 1.69 bits per heavy atom. The van der Waals surface area contributed by atoms with Crippen LogP contribution in [0.4, 0.5) is 0 Å². The molecule has 32 heavy (non-hydrogen) atoms. The van der Waals surface area contributed by atoms with Crippen LogP contribution in [0.5, 0.6) is 11.5 Å². The van der Waals surface area contributed by atoms with Gasteiger partial charge in [0.2, 0.25) is 5.91 Å². The lowest BCUT2D eigenvalue weighted by molar-refractivity contribution is -0.137. The lowest BCUT2D eigenvalue weighted by atomic mass is 9.81. The molecule has 2 heterocycles. The molecule has 1 saturated heterocycles. The molecule has 0 radical (unpaired) electrons. The maximum atomic E-state index is 13.4. The average Bonchev–Trinajstić information content (AvgIpc) is 3.01. The maximum absolute atomic E-state index is 13.4. The number of likely N-dealkylation sites (tertiary alicyclic amines) is 1. The molecular formula is C27H34N2O3. The fourth-order valence-corrected chi connectivity index (χ4v) is 5.04. The molecule has 2 aliphatic rings. The van der Waals surface area contributed by atoms with E-state index in [0.29, 0.717) is 24.9 Å². The third kappa shape index (κ3) is 5.16. The average molecular weight is 435 g/mol. The summed E-state index contributed by atoms with van der Waals surface area (Å²) in [5, 5.41) is 0. The standard InChI is InChI=1S/C27H34N2O3/c1-31-25-13-8-11-23(26(25)32-2)20-28-17-14-22(15-18-28)24-12-6-7-16-29(27(24)30)19-21-9-4-3-5-10-21/h3-11,13,22,24H,12,14-20H2,1-2H3/t24-/m1/s1. The van der Waals surface area contributed by atoms with E-state index < -0.39 is 0 Å². The summed E-state index contributed by atoms with van der Waals surface area (Å²) in [5.74, 6) is 2.43. The van der Waals surface area contributed by atoms with Crippen molar-refractivity contribution in [3.05, 3.63) is 71.8 Å². The van der Waals surface area contributed by atoms with E-state index in [-0.39, 0.29) is 5.92 Å². The zero-order valence-electron chi connectivity index (χ0n) is 19.2. The molecule has 0 saturated carbocycles. The number of rotatable bonds is 7. The van der Waals surface area contributed by atoms with Crippen LogP contribution in [0.2, 0.25) is 0 Å². The van der Waals surface area contributed by atoms with Crippen molar-refractivity contribution in [2.45, 2.75) is 32.4 Å². The second kappa shape index (κ2) is 10.7. The van der Waals surface area contributed by atoms with Crippen molar-refractivity contribution < 1.29 is 14.3 Å². The van der Waals surface area contributed by atoms with Crippen LogP contribution in [0.15, 0.2) is 60.7 Å². The third-order valence-corrected chi connectivity index (χ3v) is 6.81. The minimum Gasteiger partial charge on any atom is -0.493 e. The van der Waals surface area contributed by atoms with Gasteiger partial charge in [0.25, 0.3) is 0 Å². The molecule has 0 unspecified atom stereocenters. The highest BCUT2D eigenvalue weighted by molar-refractivity contribution is 5.80. The Balaban J connectivity index is 1.37. The molecule has 0 N–H and O–H groups in total. The molecule has 2 aliphatic heterocycles. The number of piperidine rings is 1. The number of methoxy groups -OCH3 is 2. The van der Waals surface area contributed by atoms with Gasteiger partial charge in [-0.05, 0) is 49.9 Å². The number of benzene rings is 2. The Kier molecular flexibility index (Phi) is 7.48. The lowest BCUT2D eigenvalue weighted by Crippen LogP contribution is -2.42. The highest BCUT2D eigenvalue weighted by Gasteiger charge is 2.34. The van der Waals surface area contributed by atoms with Crippen LogP contribution in [0.25, 0.3) is 0 Å². The largest absolute Gasteiger partial charge is 0.493 e. The molecule has 4 rings (SSSR count). The quantitative estimate of drug-likeness (QED) is 0.601. The number of para-hydroxylation sites is 1. The van der Waals surface area contributed by atoms with Gasteiger partial charge in [-0.2, -0.15) is 0 Å². The van der Waals surface area contributed by atoms with E-state index in [1.807, 2.05) is 35.2 Å². The predicted octanol–water partition coefficient (Wildman–Crippen LogP) is 4.52. The van der Waals surface area contributed by atoms with Gasteiger partial charge in [-0.25, -0.2) is 0 Å². The van der Waals surface area contributed by atoms with Crippen LogP contribution in [0, 0.1) is 11.8 Å². The molecule has 0 spiro atoms. The van der Waals surface area contributed by atoms with Gasteiger partial charge < -0.3 is 14.4 Å².